The van der Waals surface area contributed by atoms with Crippen molar-refractivity contribution in [2.45, 2.75) is 83.3 Å². The highest BCUT2D eigenvalue weighted by molar-refractivity contribution is 4.95. The molecule has 7 nitrogen and oxygen atoms in total. The molecule has 0 unspecified atom stereocenters. The number of H-pyrrole nitrogens is 2. The van der Waals surface area contributed by atoms with Crippen LogP contribution in [-0.4, -0.2) is 79.9 Å². The minimum atomic E-state index is 0.621. The summed E-state index contributed by atoms with van der Waals surface area (Å²) in [6, 6.07) is 0.902. The van der Waals surface area contributed by atoms with Crippen LogP contribution in [0.5, 0.6) is 0 Å². The van der Waals surface area contributed by atoms with Gasteiger partial charge in [-0.1, -0.05) is 19.3 Å². The van der Waals surface area contributed by atoms with Gasteiger partial charge in [-0.3, -0.25) is 4.90 Å². The molecule has 1 aliphatic carbocycles. The van der Waals surface area contributed by atoms with Gasteiger partial charge in [0.05, 0.1) is 13.1 Å². The second-order valence-corrected chi connectivity index (χ2v) is 10.8. The van der Waals surface area contributed by atoms with E-state index in [2.05, 4.69) is 34.6 Å². The Morgan fingerprint density at radius 1 is 0.879 bits per heavy atom. The molecule has 0 atom stereocenters. The number of likely N-dealkylation sites (tertiary alicyclic amines) is 2. The fraction of sp³-hybridized carbons (Fsp3) is 0.769. The van der Waals surface area contributed by atoms with Crippen molar-refractivity contribution in [3.8, 4) is 0 Å². The average Bonchev–Trinajstić information content (AvgIpc) is 3.62. The molecule has 7 heteroatoms. The summed E-state index contributed by atoms with van der Waals surface area (Å²) in [7, 11) is 0. The van der Waals surface area contributed by atoms with Crippen LogP contribution in [0.1, 0.15) is 75.9 Å². The van der Waals surface area contributed by atoms with E-state index >= 15 is 0 Å². The first kappa shape index (κ1) is 23.1. The summed E-state index contributed by atoms with van der Waals surface area (Å²) in [5, 5.41) is 0. The van der Waals surface area contributed by atoms with Gasteiger partial charge in [-0.2, -0.15) is 0 Å². The number of nitrogens with zero attached hydrogens (tertiary/aromatic N) is 5. The van der Waals surface area contributed by atoms with E-state index in [1.54, 1.807) is 0 Å². The monoisotopic (exact) mass is 453 g/mol. The zero-order valence-electron chi connectivity index (χ0n) is 20.4. The highest BCUT2D eigenvalue weighted by atomic mass is 15.2. The zero-order valence-corrected chi connectivity index (χ0v) is 20.4. The summed E-state index contributed by atoms with van der Waals surface area (Å²) < 4.78 is 0. The summed E-state index contributed by atoms with van der Waals surface area (Å²) in [6.45, 7) is 9.39. The molecule has 182 valence electrons. The molecule has 1 saturated carbocycles. The fourth-order valence-corrected chi connectivity index (χ4v) is 6.51. The van der Waals surface area contributed by atoms with Crippen molar-refractivity contribution in [3.63, 3.8) is 0 Å². The van der Waals surface area contributed by atoms with Gasteiger partial charge in [0, 0.05) is 37.4 Å². The van der Waals surface area contributed by atoms with Gasteiger partial charge in [0.15, 0.2) is 0 Å². The number of hydrogen-bond donors (Lipinski definition) is 2. The quantitative estimate of drug-likeness (QED) is 0.532. The minimum Gasteiger partial charge on any atom is -0.348 e. The van der Waals surface area contributed by atoms with Crippen molar-refractivity contribution in [2.24, 2.45) is 5.41 Å². The maximum atomic E-state index is 4.42. The molecule has 5 rings (SSSR count). The summed E-state index contributed by atoms with van der Waals surface area (Å²) in [4.78, 5) is 23.4. The van der Waals surface area contributed by atoms with Crippen LogP contribution in [0.25, 0.3) is 0 Å². The van der Waals surface area contributed by atoms with E-state index in [1.807, 2.05) is 24.8 Å². The number of aromatic amines is 2. The van der Waals surface area contributed by atoms with E-state index in [0.717, 1.165) is 37.3 Å². The van der Waals surface area contributed by atoms with Crippen molar-refractivity contribution < 1.29 is 0 Å². The highest BCUT2D eigenvalue weighted by Crippen LogP contribution is 2.41. The minimum absolute atomic E-state index is 0.621. The summed E-state index contributed by atoms with van der Waals surface area (Å²) in [6.07, 6.45) is 21.6. The van der Waals surface area contributed by atoms with E-state index in [1.165, 1.54) is 96.9 Å². The lowest BCUT2D eigenvalue weighted by Crippen LogP contribution is -2.46. The molecule has 0 aromatic carbocycles. The van der Waals surface area contributed by atoms with Crippen LogP contribution in [0.3, 0.4) is 0 Å². The zero-order chi connectivity index (χ0) is 22.3. The van der Waals surface area contributed by atoms with Crippen LogP contribution < -0.4 is 0 Å². The molecule has 3 aliphatic rings. The van der Waals surface area contributed by atoms with Gasteiger partial charge in [0.1, 0.15) is 11.6 Å². The molecule has 0 bridgehead atoms. The summed E-state index contributed by atoms with van der Waals surface area (Å²) >= 11 is 0. The maximum absolute atomic E-state index is 4.42. The predicted octanol–water partition coefficient (Wildman–Crippen LogP) is 4.04. The Morgan fingerprint density at radius 2 is 1.55 bits per heavy atom. The largest absolute Gasteiger partial charge is 0.348 e. The molecule has 0 radical (unpaired) electrons. The summed E-state index contributed by atoms with van der Waals surface area (Å²) in [5.74, 6) is 2.06. The molecule has 2 saturated heterocycles. The van der Waals surface area contributed by atoms with Crippen molar-refractivity contribution in [3.05, 3.63) is 36.4 Å². The molecule has 2 N–H and O–H groups in total. The summed E-state index contributed by atoms with van der Waals surface area (Å²) in [5.41, 5.74) is 0.621. The van der Waals surface area contributed by atoms with Gasteiger partial charge >= 0.3 is 0 Å². The number of rotatable bonds is 10. The smallest absolute Gasteiger partial charge is 0.120 e. The molecule has 2 aromatic rings. The number of imidazole rings is 2. The molecule has 3 fully saturated rings. The molecule has 0 amide bonds. The first-order chi connectivity index (χ1) is 16.3. The van der Waals surface area contributed by atoms with Crippen LogP contribution in [0.2, 0.25) is 0 Å². The van der Waals surface area contributed by atoms with Gasteiger partial charge in [0.25, 0.3) is 0 Å². The van der Waals surface area contributed by atoms with Crippen LogP contribution in [0.15, 0.2) is 24.8 Å². The Labute approximate surface area is 199 Å². The number of hydrogen-bond acceptors (Lipinski definition) is 5. The first-order valence-corrected chi connectivity index (χ1v) is 13.4. The van der Waals surface area contributed by atoms with Gasteiger partial charge in [-0.25, -0.2) is 9.97 Å². The second-order valence-electron chi connectivity index (χ2n) is 10.8. The Balaban J connectivity index is 1.03. The lowest BCUT2D eigenvalue weighted by molar-refractivity contribution is 0.0618. The molecular weight excluding hydrogens is 410 g/mol. The number of unbranched alkanes of at least 4 members (excludes halogenated alkanes) is 1. The SMILES string of the molecule is c1c[nH]c(CN(CCCCN2CCC3(CCN(C4CCCCC4)CC3)C2)Cc2ncc[nH]2)n1. The molecular formula is C26H43N7. The molecule has 2 aromatic heterocycles. The number of piperidine rings is 1. The molecule has 1 spiro atoms. The van der Waals surface area contributed by atoms with Crippen molar-refractivity contribution in [1.29, 1.82) is 0 Å². The average molecular weight is 454 g/mol. The maximum Gasteiger partial charge on any atom is 0.120 e. The fourth-order valence-electron chi connectivity index (χ4n) is 6.51. The normalized spacial score (nSPS) is 22.6. The van der Waals surface area contributed by atoms with Crippen LogP contribution in [0, 0.1) is 5.41 Å². The Bertz CT molecular complexity index is 752. The van der Waals surface area contributed by atoms with Gasteiger partial charge < -0.3 is 19.8 Å². The topological polar surface area (TPSA) is 67.1 Å². The third-order valence-corrected chi connectivity index (χ3v) is 8.52. The van der Waals surface area contributed by atoms with E-state index < -0.39 is 0 Å². The van der Waals surface area contributed by atoms with Crippen LogP contribution in [0.4, 0.5) is 0 Å². The van der Waals surface area contributed by atoms with Gasteiger partial charge in [-0.15, -0.1) is 0 Å². The van der Waals surface area contributed by atoms with Gasteiger partial charge in [0.2, 0.25) is 0 Å². The van der Waals surface area contributed by atoms with Crippen molar-refractivity contribution in [2.75, 3.05) is 39.3 Å². The Morgan fingerprint density at radius 3 is 2.18 bits per heavy atom. The lowest BCUT2D eigenvalue weighted by atomic mass is 9.77. The molecule has 33 heavy (non-hydrogen) atoms. The van der Waals surface area contributed by atoms with Crippen LogP contribution in [-0.2, 0) is 13.1 Å². The molecule has 4 heterocycles. The van der Waals surface area contributed by atoms with E-state index in [-0.39, 0.29) is 0 Å². The lowest BCUT2D eigenvalue weighted by Gasteiger charge is -2.44. The highest BCUT2D eigenvalue weighted by Gasteiger charge is 2.41. The van der Waals surface area contributed by atoms with Crippen LogP contribution >= 0.6 is 0 Å². The van der Waals surface area contributed by atoms with E-state index in [4.69, 9.17) is 0 Å². The van der Waals surface area contributed by atoms with Crippen molar-refractivity contribution >= 4 is 0 Å². The number of aromatic nitrogens is 4. The van der Waals surface area contributed by atoms with Gasteiger partial charge in [-0.05, 0) is 83.1 Å². The standard InChI is InChI=1S/C26H43N7/c1-2-6-23(7-3-1)33-18-9-26(10-19-33)8-17-31(22-26)15-4-5-16-32(20-24-27-11-12-28-24)21-25-29-13-14-30-25/h11-14,23H,1-10,15-22H2,(H,27,28)(H,29,30). The van der Waals surface area contributed by atoms with E-state index in [0.29, 0.717) is 5.41 Å². The first-order valence-electron chi connectivity index (χ1n) is 13.4. The van der Waals surface area contributed by atoms with E-state index in [9.17, 15) is 0 Å². The second kappa shape index (κ2) is 11.2. The Hall–Kier alpha value is -1.70. The molecule has 2 aliphatic heterocycles. The Kier molecular flexibility index (Phi) is 7.79. The number of nitrogens with one attached hydrogen (secondary N) is 2. The predicted molar refractivity (Wildman–Crippen MR) is 132 cm³/mol. The third kappa shape index (κ3) is 6.25. The van der Waals surface area contributed by atoms with Crippen molar-refractivity contribution in [1.82, 2.24) is 34.6 Å². The third-order valence-electron chi connectivity index (χ3n) is 8.52.